The van der Waals surface area contributed by atoms with Crippen LogP contribution in [0.2, 0.25) is 0 Å². The van der Waals surface area contributed by atoms with Crippen molar-refractivity contribution in [2.75, 3.05) is 6.61 Å². The number of nitrogens with zero attached hydrogens (tertiary/aromatic N) is 3. The van der Waals surface area contributed by atoms with Gasteiger partial charge in [-0.05, 0) is 37.6 Å². The Morgan fingerprint density at radius 3 is 2.50 bits per heavy atom. The molecule has 0 aliphatic heterocycles. The smallest absolute Gasteiger partial charge is 0.119 e. The summed E-state index contributed by atoms with van der Waals surface area (Å²) in [5, 5.41) is 8.24. The van der Waals surface area contributed by atoms with Gasteiger partial charge in [-0.1, -0.05) is 12.1 Å². The second-order valence-electron chi connectivity index (χ2n) is 3.81. The van der Waals surface area contributed by atoms with Crippen LogP contribution in [0.25, 0.3) is 5.69 Å². The molecule has 0 spiro atoms. The van der Waals surface area contributed by atoms with Crippen LogP contribution in [0.15, 0.2) is 24.3 Å². The molecule has 1 heterocycles. The first-order valence-electron chi connectivity index (χ1n) is 6.02. The van der Waals surface area contributed by atoms with Gasteiger partial charge in [-0.2, -0.15) is 0 Å². The van der Waals surface area contributed by atoms with Gasteiger partial charge in [0.1, 0.15) is 11.4 Å². The summed E-state index contributed by atoms with van der Waals surface area (Å²) >= 11 is 5.84. The summed E-state index contributed by atoms with van der Waals surface area (Å²) in [5.74, 6) is 1.25. The fourth-order valence-electron chi connectivity index (χ4n) is 1.85. The molecule has 1 aromatic heterocycles. The molecule has 0 aliphatic rings. The molecule has 0 N–H and O–H groups in total. The summed E-state index contributed by atoms with van der Waals surface area (Å²) in [6.07, 6.45) is 0.849. The zero-order chi connectivity index (χ0) is 13.0. The van der Waals surface area contributed by atoms with E-state index < -0.39 is 0 Å². The first-order chi connectivity index (χ1) is 8.80. The van der Waals surface area contributed by atoms with E-state index in [9.17, 15) is 0 Å². The number of aromatic nitrogens is 3. The van der Waals surface area contributed by atoms with E-state index in [0.717, 1.165) is 29.2 Å². The largest absolute Gasteiger partial charge is 0.494 e. The van der Waals surface area contributed by atoms with E-state index in [1.54, 1.807) is 0 Å². The van der Waals surface area contributed by atoms with Crippen LogP contribution in [-0.2, 0) is 12.3 Å². The zero-order valence-electron chi connectivity index (χ0n) is 10.6. The molecule has 0 amide bonds. The molecule has 0 atom stereocenters. The lowest BCUT2D eigenvalue weighted by Crippen LogP contribution is -2.02. The standard InChI is InChI=1S/C13H16ClN3O/c1-3-13-12(9-14)15-16-17(13)10-5-7-11(8-6-10)18-4-2/h5-8H,3-4,9H2,1-2H3. The quantitative estimate of drug-likeness (QED) is 0.781. The van der Waals surface area contributed by atoms with Crippen LogP contribution < -0.4 is 4.74 Å². The Morgan fingerprint density at radius 2 is 1.94 bits per heavy atom. The Kier molecular flexibility index (Phi) is 4.20. The second-order valence-corrected chi connectivity index (χ2v) is 4.08. The molecule has 18 heavy (non-hydrogen) atoms. The van der Waals surface area contributed by atoms with E-state index >= 15 is 0 Å². The summed E-state index contributed by atoms with van der Waals surface area (Å²) in [6.45, 7) is 4.70. The normalized spacial score (nSPS) is 10.6. The zero-order valence-corrected chi connectivity index (χ0v) is 11.3. The van der Waals surface area contributed by atoms with Crippen LogP contribution in [-0.4, -0.2) is 21.6 Å². The Hall–Kier alpha value is -1.55. The van der Waals surface area contributed by atoms with Crippen molar-refractivity contribution >= 4 is 11.6 Å². The van der Waals surface area contributed by atoms with Gasteiger partial charge in [0, 0.05) is 0 Å². The molecule has 1 aromatic carbocycles. The van der Waals surface area contributed by atoms with E-state index in [2.05, 4.69) is 17.2 Å². The van der Waals surface area contributed by atoms with Crippen molar-refractivity contribution in [2.45, 2.75) is 26.1 Å². The third kappa shape index (κ3) is 2.48. The number of ether oxygens (including phenoxy) is 1. The van der Waals surface area contributed by atoms with Crippen molar-refractivity contribution in [1.82, 2.24) is 15.0 Å². The minimum Gasteiger partial charge on any atom is -0.494 e. The van der Waals surface area contributed by atoms with Crippen molar-refractivity contribution in [1.29, 1.82) is 0 Å². The number of alkyl halides is 1. The average Bonchev–Trinajstić information content (AvgIpc) is 2.82. The molecule has 2 aromatic rings. The molecule has 96 valence electrons. The van der Waals surface area contributed by atoms with Crippen LogP contribution in [0.4, 0.5) is 0 Å². The molecule has 0 saturated carbocycles. The summed E-state index contributed by atoms with van der Waals surface area (Å²) in [4.78, 5) is 0. The van der Waals surface area contributed by atoms with E-state index in [0.29, 0.717) is 12.5 Å². The predicted octanol–water partition coefficient (Wildman–Crippen LogP) is 2.97. The molecule has 0 fully saturated rings. The lowest BCUT2D eigenvalue weighted by molar-refractivity contribution is 0.340. The van der Waals surface area contributed by atoms with Crippen LogP contribution in [0.3, 0.4) is 0 Å². The van der Waals surface area contributed by atoms with Crippen LogP contribution >= 0.6 is 11.6 Å². The molecule has 0 radical (unpaired) electrons. The molecule has 0 aliphatic carbocycles. The summed E-state index contributed by atoms with van der Waals surface area (Å²) in [6, 6.07) is 7.80. The topological polar surface area (TPSA) is 39.9 Å². The Morgan fingerprint density at radius 1 is 1.22 bits per heavy atom. The van der Waals surface area contributed by atoms with Crippen molar-refractivity contribution in [3.05, 3.63) is 35.7 Å². The highest BCUT2D eigenvalue weighted by Gasteiger charge is 2.11. The molecule has 5 heteroatoms. The van der Waals surface area contributed by atoms with Crippen molar-refractivity contribution < 1.29 is 4.74 Å². The number of rotatable bonds is 5. The summed E-state index contributed by atoms with van der Waals surface area (Å²) in [7, 11) is 0. The Labute approximate surface area is 112 Å². The molecule has 0 saturated heterocycles. The maximum Gasteiger partial charge on any atom is 0.119 e. The monoisotopic (exact) mass is 265 g/mol. The summed E-state index contributed by atoms with van der Waals surface area (Å²) in [5.41, 5.74) is 2.86. The number of hydrogen-bond donors (Lipinski definition) is 0. The van der Waals surface area contributed by atoms with Crippen LogP contribution in [0, 0.1) is 0 Å². The third-order valence-electron chi connectivity index (χ3n) is 2.70. The first-order valence-corrected chi connectivity index (χ1v) is 6.56. The van der Waals surface area contributed by atoms with E-state index in [4.69, 9.17) is 16.3 Å². The van der Waals surface area contributed by atoms with Crippen LogP contribution in [0.1, 0.15) is 25.2 Å². The second kappa shape index (κ2) is 5.87. The molecular formula is C13H16ClN3O. The van der Waals surface area contributed by atoms with Crippen molar-refractivity contribution in [2.24, 2.45) is 0 Å². The third-order valence-corrected chi connectivity index (χ3v) is 2.95. The Bertz CT molecular complexity index is 507. The molecule has 4 nitrogen and oxygen atoms in total. The van der Waals surface area contributed by atoms with Gasteiger partial charge in [-0.15, -0.1) is 16.7 Å². The van der Waals surface area contributed by atoms with Gasteiger partial charge in [-0.3, -0.25) is 0 Å². The maximum absolute atomic E-state index is 5.84. The van der Waals surface area contributed by atoms with Crippen molar-refractivity contribution in [3.8, 4) is 11.4 Å². The lowest BCUT2D eigenvalue weighted by Gasteiger charge is -2.07. The molecule has 2 rings (SSSR count). The van der Waals surface area contributed by atoms with Crippen molar-refractivity contribution in [3.63, 3.8) is 0 Å². The minimum atomic E-state index is 0.389. The molecule has 0 bridgehead atoms. The first kappa shape index (κ1) is 12.9. The molecule has 0 unspecified atom stereocenters. The number of benzene rings is 1. The van der Waals surface area contributed by atoms with Gasteiger partial charge in [0.05, 0.1) is 23.9 Å². The average molecular weight is 266 g/mol. The Balaban J connectivity index is 2.33. The fourth-order valence-corrected chi connectivity index (χ4v) is 2.06. The molecular weight excluding hydrogens is 250 g/mol. The maximum atomic E-state index is 5.84. The highest BCUT2D eigenvalue weighted by molar-refractivity contribution is 6.16. The highest BCUT2D eigenvalue weighted by atomic mass is 35.5. The highest BCUT2D eigenvalue weighted by Crippen LogP contribution is 2.18. The number of hydrogen-bond acceptors (Lipinski definition) is 3. The number of halogens is 1. The van der Waals surface area contributed by atoms with E-state index in [1.807, 2.05) is 35.9 Å². The van der Waals surface area contributed by atoms with Gasteiger partial charge < -0.3 is 4.74 Å². The minimum absolute atomic E-state index is 0.389. The van der Waals surface area contributed by atoms with Gasteiger partial charge in [-0.25, -0.2) is 4.68 Å². The van der Waals surface area contributed by atoms with Gasteiger partial charge in [0.15, 0.2) is 0 Å². The van der Waals surface area contributed by atoms with Gasteiger partial charge in [0.2, 0.25) is 0 Å². The van der Waals surface area contributed by atoms with Crippen LogP contribution in [0.5, 0.6) is 5.75 Å². The lowest BCUT2D eigenvalue weighted by atomic mass is 10.2. The predicted molar refractivity (Wildman–Crippen MR) is 71.5 cm³/mol. The van der Waals surface area contributed by atoms with Gasteiger partial charge in [0.25, 0.3) is 0 Å². The SMILES string of the molecule is CCOc1ccc(-n2nnc(CCl)c2CC)cc1. The van der Waals surface area contributed by atoms with E-state index in [-0.39, 0.29) is 0 Å². The summed E-state index contributed by atoms with van der Waals surface area (Å²) < 4.78 is 7.24. The van der Waals surface area contributed by atoms with Gasteiger partial charge >= 0.3 is 0 Å². The van der Waals surface area contributed by atoms with E-state index in [1.165, 1.54) is 0 Å². The fraction of sp³-hybridized carbons (Fsp3) is 0.385.